The van der Waals surface area contributed by atoms with Crippen molar-refractivity contribution in [1.29, 1.82) is 0 Å². The van der Waals surface area contributed by atoms with Crippen LogP contribution in [0.1, 0.15) is 60.0 Å². The SMILES string of the molecule is O=C(CCCC[C@@H]1SC[C@@H]2NC(=O)N[C@@H]21)NCCCOCCOCCOCCCNC(=O)OCN1C(=O)c2ccccc2C#Cc2ccccc21. The Morgan fingerprint density at radius 1 is 0.804 bits per heavy atom. The van der Waals surface area contributed by atoms with Crippen LogP contribution in [0.5, 0.6) is 0 Å². The third-order valence-corrected chi connectivity index (χ3v) is 10.1. The van der Waals surface area contributed by atoms with E-state index in [1.54, 1.807) is 24.3 Å². The lowest BCUT2D eigenvalue weighted by atomic mass is 10.0. The first-order valence-electron chi connectivity index (χ1n) is 17.6. The summed E-state index contributed by atoms with van der Waals surface area (Å²) >= 11 is 1.90. The lowest BCUT2D eigenvalue weighted by Gasteiger charge is -2.25. The Balaban J connectivity index is 0.804. The highest BCUT2D eigenvalue weighted by atomic mass is 32.2. The lowest BCUT2D eigenvalue weighted by molar-refractivity contribution is -0.121. The maximum absolute atomic E-state index is 13.4. The lowest BCUT2D eigenvalue weighted by Crippen LogP contribution is -2.38. The molecule has 51 heavy (non-hydrogen) atoms. The smallest absolute Gasteiger partial charge is 0.408 e. The van der Waals surface area contributed by atoms with Crippen LogP contribution in [0.3, 0.4) is 0 Å². The van der Waals surface area contributed by atoms with Crippen LogP contribution < -0.4 is 26.2 Å². The van der Waals surface area contributed by atoms with E-state index in [-0.39, 0.29) is 36.7 Å². The third kappa shape index (κ3) is 11.9. The summed E-state index contributed by atoms with van der Waals surface area (Å²) in [6.07, 6.45) is 4.03. The van der Waals surface area contributed by atoms with Gasteiger partial charge >= 0.3 is 12.1 Å². The number of hydrogen-bond donors (Lipinski definition) is 4. The summed E-state index contributed by atoms with van der Waals surface area (Å²) in [7, 11) is 0. The predicted molar refractivity (Wildman–Crippen MR) is 194 cm³/mol. The molecule has 0 saturated carbocycles. The van der Waals surface area contributed by atoms with Crippen molar-refractivity contribution in [3.8, 4) is 11.8 Å². The van der Waals surface area contributed by atoms with Crippen LogP contribution in [0.4, 0.5) is 15.3 Å². The van der Waals surface area contributed by atoms with E-state index in [4.69, 9.17) is 18.9 Å². The summed E-state index contributed by atoms with van der Waals surface area (Å²) in [6.45, 7) is 3.43. The number of nitrogens with one attached hydrogen (secondary N) is 4. The van der Waals surface area contributed by atoms with Crippen LogP contribution in [-0.2, 0) is 23.7 Å². The molecule has 14 heteroatoms. The number of hydrogen-bond acceptors (Lipinski definition) is 9. The Morgan fingerprint density at radius 3 is 2.25 bits per heavy atom. The van der Waals surface area contributed by atoms with Gasteiger partial charge in [0.1, 0.15) is 0 Å². The number of amides is 5. The molecule has 5 amide bonds. The first-order valence-corrected chi connectivity index (χ1v) is 18.7. The monoisotopic (exact) mass is 721 g/mol. The van der Waals surface area contributed by atoms with Gasteiger partial charge in [0.2, 0.25) is 5.91 Å². The number of alkyl carbamates (subject to hydrolysis) is 1. The fraction of sp³-hybridized carbons (Fsp3) is 0.514. The number of nitrogens with zero attached hydrogens (tertiary/aromatic N) is 1. The van der Waals surface area contributed by atoms with E-state index in [0.717, 1.165) is 31.4 Å². The zero-order chi connectivity index (χ0) is 35.7. The molecule has 3 atom stereocenters. The molecular formula is C37H47N5O8S. The number of carbonyl (C=O) groups excluding carboxylic acids is 4. The highest BCUT2D eigenvalue weighted by molar-refractivity contribution is 8.00. The Kier molecular flexibility index (Phi) is 15.3. The molecule has 274 valence electrons. The minimum Gasteiger partial charge on any atom is -0.428 e. The van der Waals surface area contributed by atoms with Gasteiger partial charge in [0.05, 0.1) is 49.8 Å². The van der Waals surface area contributed by atoms with Crippen LogP contribution in [0.15, 0.2) is 48.5 Å². The van der Waals surface area contributed by atoms with Crippen LogP contribution in [0, 0.1) is 11.8 Å². The Hall–Kier alpha value is -4.29. The summed E-state index contributed by atoms with van der Waals surface area (Å²) in [5, 5.41) is 12.0. The largest absolute Gasteiger partial charge is 0.428 e. The topological polar surface area (TPSA) is 157 Å². The van der Waals surface area contributed by atoms with Gasteiger partial charge in [0.15, 0.2) is 6.73 Å². The van der Waals surface area contributed by atoms with Gasteiger partial charge in [-0.3, -0.25) is 14.5 Å². The number of thioether (sulfide) groups is 1. The second-order valence-electron chi connectivity index (χ2n) is 12.3. The van der Waals surface area contributed by atoms with Crippen LogP contribution in [0.2, 0.25) is 0 Å². The van der Waals surface area contributed by atoms with Crippen molar-refractivity contribution in [2.45, 2.75) is 55.9 Å². The zero-order valence-corrected chi connectivity index (χ0v) is 29.6. The molecule has 0 bridgehead atoms. The Morgan fingerprint density at radius 2 is 1.47 bits per heavy atom. The van der Waals surface area contributed by atoms with E-state index in [1.165, 1.54) is 4.90 Å². The molecule has 3 aliphatic rings. The fourth-order valence-electron chi connectivity index (χ4n) is 5.96. The first kappa shape index (κ1) is 38.0. The highest BCUT2D eigenvalue weighted by Gasteiger charge is 2.42. The second kappa shape index (κ2) is 20.5. The van der Waals surface area contributed by atoms with E-state index < -0.39 is 6.09 Å². The molecule has 0 aliphatic carbocycles. The van der Waals surface area contributed by atoms with Gasteiger partial charge in [0, 0.05) is 54.9 Å². The van der Waals surface area contributed by atoms with Crippen molar-refractivity contribution >= 4 is 41.4 Å². The van der Waals surface area contributed by atoms with Crippen molar-refractivity contribution in [2.75, 3.05) is 70.1 Å². The number of unbranched alkanes of at least 4 members (excludes halogenated alkanes) is 1. The number of benzene rings is 2. The molecule has 0 unspecified atom stereocenters. The van der Waals surface area contributed by atoms with E-state index in [9.17, 15) is 19.2 Å². The molecule has 0 radical (unpaired) electrons. The van der Waals surface area contributed by atoms with E-state index in [1.807, 2.05) is 36.0 Å². The number of para-hydroxylation sites is 1. The van der Waals surface area contributed by atoms with Gasteiger partial charge in [-0.2, -0.15) is 11.8 Å². The van der Waals surface area contributed by atoms with Crippen molar-refractivity contribution in [3.63, 3.8) is 0 Å². The summed E-state index contributed by atoms with van der Waals surface area (Å²) < 4.78 is 22.1. The summed E-state index contributed by atoms with van der Waals surface area (Å²) in [6, 6.07) is 14.8. The molecule has 13 nitrogen and oxygen atoms in total. The number of ether oxygens (including phenoxy) is 4. The predicted octanol–water partition coefficient (Wildman–Crippen LogP) is 3.40. The maximum atomic E-state index is 13.4. The number of carbonyl (C=O) groups is 4. The van der Waals surface area contributed by atoms with Crippen LogP contribution in [-0.4, -0.2) is 106 Å². The molecule has 3 heterocycles. The fourth-order valence-corrected chi connectivity index (χ4v) is 7.50. The highest BCUT2D eigenvalue weighted by Crippen LogP contribution is 2.33. The molecule has 2 aromatic carbocycles. The Labute approximate surface area is 303 Å². The van der Waals surface area contributed by atoms with Gasteiger partial charge < -0.3 is 40.2 Å². The standard InChI is InChI=1S/C37H47N5O8S/c43-33(14-6-5-13-32-34-30(25-51-32)40-36(45)41-34)38-17-7-19-47-21-23-49-24-22-48-20-8-18-39-37(46)50-26-42-31-12-4-2-10-28(31)16-15-27-9-1-3-11-29(27)35(42)44/h1-4,9-12,30,32,34H,5-8,13-14,17-26H2,(H,38,43)(H,39,46)(H2,40,41,45)/t30-,32-,34-/m0/s1. The van der Waals surface area contributed by atoms with E-state index >= 15 is 0 Å². The van der Waals surface area contributed by atoms with Crippen molar-refractivity contribution in [2.24, 2.45) is 0 Å². The van der Waals surface area contributed by atoms with Gasteiger partial charge in [-0.15, -0.1) is 0 Å². The molecule has 2 saturated heterocycles. The number of fused-ring (bicyclic) bond motifs is 3. The molecule has 5 rings (SSSR count). The number of anilines is 1. The quantitative estimate of drug-likeness (QED) is 0.0863. The summed E-state index contributed by atoms with van der Waals surface area (Å²) in [4.78, 5) is 50.7. The Bertz CT molecular complexity index is 1550. The molecule has 2 fully saturated rings. The second-order valence-corrected chi connectivity index (χ2v) is 13.6. The number of rotatable bonds is 21. The van der Waals surface area contributed by atoms with Crippen LogP contribution in [0.25, 0.3) is 0 Å². The van der Waals surface area contributed by atoms with Crippen molar-refractivity contribution < 1.29 is 38.1 Å². The summed E-state index contributed by atoms with van der Waals surface area (Å²) in [5.74, 6) is 6.90. The third-order valence-electron chi connectivity index (χ3n) is 8.60. The van der Waals surface area contributed by atoms with Crippen molar-refractivity contribution in [3.05, 3.63) is 65.2 Å². The van der Waals surface area contributed by atoms with Gasteiger partial charge in [-0.05, 0) is 49.9 Å². The van der Waals surface area contributed by atoms with Crippen LogP contribution >= 0.6 is 11.8 Å². The molecule has 4 N–H and O–H groups in total. The number of urea groups is 1. The molecule has 3 aliphatic heterocycles. The molecule has 0 spiro atoms. The van der Waals surface area contributed by atoms with Gasteiger partial charge in [-0.25, -0.2) is 9.59 Å². The van der Waals surface area contributed by atoms with E-state index in [0.29, 0.717) is 93.2 Å². The molecular weight excluding hydrogens is 675 g/mol. The normalized spacial score (nSPS) is 18.6. The minimum atomic E-state index is -0.629. The van der Waals surface area contributed by atoms with E-state index in [2.05, 4.69) is 33.1 Å². The summed E-state index contributed by atoms with van der Waals surface area (Å²) in [5.41, 5.74) is 2.32. The van der Waals surface area contributed by atoms with Crippen molar-refractivity contribution in [1.82, 2.24) is 21.3 Å². The average Bonchev–Trinajstić information content (AvgIpc) is 3.69. The first-order chi connectivity index (χ1) is 25.0. The molecule has 2 aromatic rings. The molecule has 0 aromatic heterocycles. The van der Waals surface area contributed by atoms with Gasteiger partial charge in [-0.1, -0.05) is 42.5 Å². The van der Waals surface area contributed by atoms with Gasteiger partial charge in [0.25, 0.3) is 5.91 Å². The zero-order valence-electron chi connectivity index (χ0n) is 28.8. The maximum Gasteiger partial charge on any atom is 0.408 e. The minimum absolute atomic E-state index is 0.0624. The average molecular weight is 722 g/mol.